The summed E-state index contributed by atoms with van der Waals surface area (Å²) in [7, 11) is 0. The summed E-state index contributed by atoms with van der Waals surface area (Å²) in [6.45, 7) is 6.50. The lowest BCUT2D eigenvalue weighted by Gasteiger charge is -2.38. The number of amides is 1. The normalized spacial score (nSPS) is 26.5. The van der Waals surface area contributed by atoms with E-state index in [-0.39, 0.29) is 12.2 Å². The van der Waals surface area contributed by atoms with Crippen LogP contribution in [0.25, 0.3) is 0 Å². The number of hydrogen-bond acceptors (Lipinski definition) is 2. The molecular formula is C18H26N2O. The molecule has 1 heterocycles. The molecule has 1 aliphatic heterocycles. The summed E-state index contributed by atoms with van der Waals surface area (Å²) in [5.41, 5.74) is 2.57. The number of nitrogens with zero attached hydrogens (tertiary/aromatic N) is 1. The van der Waals surface area contributed by atoms with E-state index in [0.29, 0.717) is 17.9 Å². The second-order valence-corrected chi connectivity index (χ2v) is 6.68. The Labute approximate surface area is 127 Å². The molecule has 2 fully saturated rings. The predicted octanol–water partition coefficient (Wildman–Crippen LogP) is 3.57. The summed E-state index contributed by atoms with van der Waals surface area (Å²) in [5.74, 6) is 0.837. The van der Waals surface area contributed by atoms with E-state index in [0.717, 1.165) is 19.3 Å². The van der Waals surface area contributed by atoms with Gasteiger partial charge in [-0.15, -0.1) is 0 Å². The van der Waals surface area contributed by atoms with Crippen LogP contribution < -0.4 is 5.32 Å². The Bertz CT molecular complexity index is 504. The molecular weight excluding hydrogens is 260 g/mol. The van der Waals surface area contributed by atoms with Gasteiger partial charge in [0.2, 0.25) is 5.91 Å². The minimum Gasteiger partial charge on any atom is -0.319 e. The van der Waals surface area contributed by atoms with Crippen molar-refractivity contribution in [2.24, 2.45) is 0 Å². The van der Waals surface area contributed by atoms with E-state index in [4.69, 9.17) is 0 Å². The van der Waals surface area contributed by atoms with Gasteiger partial charge >= 0.3 is 0 Å². The Morgan fingerprint density at radius 3 is 2.38 bits per heavy atom. The number of benzene rings is 1. The van der Waals surface area contributed by atoms with Crippen LogP contribution in [0.5, 0.6) is 0 Å². The third kappa shape index (κ3) is 2.59. The molecule has 1 saturated carbocycles. The van der Waals surface area contributed by atoms with Gasteiger partial charge in [0.15, 0.2) is 0 Å². The Hall–Kier alpha value is -1.35. The van der Waals surface area contributed by atoms with Crippen LogP contribution >= 0.6 is 0 Å². The van der Waals surface area contributed by atoms with Crippen LogP contribution in [0.15, 0.2) is 24.3 Å². The number of hydrogen-bond donors (Lipinski definition) is 1. The zero-order valence-corrected chi connectivity index (χ0v) is 13.3. The lowest BCUT2D eigenvalue weighted by Crippen LogP contribution is -2.44. The van der Waals surface area contributed by atoms with E-state index in [1.54, 1.807) is 0 Å². The van der Waals surface area contributed by atoms with Gasteiger partial charge in [0.05, 0.1) is 6.04 Å². The van der Waals surface area contributed by atoms with Crippen molar-refractivity contribution in [1.82, 2.24) is 10.2 Å². The van der Waals surface area contributed by atoms with Crippen molar-refractivity contribution in [3.8, 4) is 0 Å². The molecule has 1 aromatic rings. The van der Waals surface area contributed by atoms with E-state index in [2.05, 4.69) is 55.3 Å². The van der Waals surface area contributed by atoms with Crippen LogP contribution in [0.4, 0.5) is 0 Å². The van der Waals surface area contributed by atoms with E-state index in [9.17, 15) is 4.79 Å². The first-order valence-corrected chi connectivity index (χ1v) is 8.30. The highest BCUT2D eigenvalue weighted by Crippen LogP contribution is 2.36. The molecule has 0 spiro atoms. The summed E-state index contributed by atoms with van der Waals surface area (Å²) in [4.78, 5) is 14.7. The third-order valence-electron chi connectivity index (χ3n) is 4.99. The van der Waals surface area contributed by atoms with Crippen LogP contribution in [0.1, 0.15) is 69.7 Å². The van der Waals surface area contributed by atoms with Gasteiger partial charge in [0.1, 0.15) is 6.17 Å². The fraction of sp³-hybridized carbons (Fsp3) is 0.611. The molecule has 21 heavy (non-hydrogen) atoms. The first kappa shape index (κ1) is 14.6. The zero-order valence-electron chi connectivity index (χ0n) is 13.3. The summed E-state index contributed by atoms with van der Waals surface area (Å²) in [6, 6.07) is 9.19. The maximum Gasteiger partial charge on any atom is 0.241 e. The molecule has 1 aliphatic carbocycles. The molecule has 114 valence electrons. The Morgan fingerprint density at radius 1 is 1.24 bits per heavy atom. The van der Waals surface area contributed by atoms with Crippen molar-refractivity contribution in [2.45, 2.75) is 70.6 Å². The second kappa shape index (κ2) is 5.80. The van der Waals surface area contributed by atoms with E-state index < -0.39 is 0 Å². The molecule has 2 aliphatic rings. The molecule has 1 saturated heterocycles. The largest absolute Gasteiger partial charge is 0.319 e. The van der Waals surface area contributed by atoms with Gasteiger partial charge in [-0.25, -0.2) is 0 Å². The van der Waals surface area contributed by atoms with Crippen LogP contribution in [0.3, 0.4) is 0 Å². The average molecular weight is 286 g/mol. The maximum absolute atomic E-state index is 12.6. The Balaban J connectivity index is 1.85. The molecule has 1 aromatic carbocycles. The quantitative estimate of drug-likeness (QED) is 0.917. The van der Waals surface area contributed by atoms with Gasteiger partial charge in [-0.2, -0.15) is 0 Å². The van der Waals surface area contributed by atoms with Crippen molar-refractivity contribution < 1.29 is 4.79 Å². The summed E-state index contributed by atoms with van der Waals surface area (Å²) < 4.78 is 0. The molecule has 3 rings (SSSR count). The minimum atomic E-state index is -0.0135. The van der Waals surface area contributed by atoms with Gasteiger partial charge < -0.3 is 4.90 Å². The van der Waals surface area contributed by atoms with Gasteiger partial charge in [0, 0.05) is 6.04 Å². The number of carbonyl (C=O) groups is 1. The van der Waals surface area contributed by atoms with Crippen LogP contribution in [0.2, 0.25) is 0 Å². The molecule has 0 aromatic heterocycles. The number of nitrogens with one attached hydrogen (secondary N) is 1. The van der Waals surface area contributed by atoms with Crippen molar-refractivity contribution in [3.05, 3.63) is 35.4 Å². The minimum absolute atomic E-state index is 0.0135. The molecule has 2 atom stereocenters. The van der Waals surface area contributed by atoms with Crippen LogP contribution in [0, 0.1) is 0 Å². The van der Waals surface area contributed by atoms with Crippen LogP contribution in [-0.4, -0.2) is 22.9 Å². The Morgan fingerprint density at radius 2 is 1.90 bits per heavy atom. The second-order valence-electron chi connectivity index (χ2n) is 6.68. The van der Waals surface area contributed by atoms with Gasteiger partial charge in [0.25, 0.3) is 0 Å². The first-order chi connectivity index (χ1) is 10.1. The van der Waals surface area contributed by atoms with E-state index in [1.807, 2.05) is 0 Å². The van der Waals surface area contributed by atoms with Gasteiger partial charge in [-0.1, -0.05) is 45.0 Å². The molecule has 3 nitrogen and oxygen atoms in total. The fourth-order valence-corrected chi connectivity index (χ4v) is 3.32. The smallest absolute Gasteiger partial charge is 0.241 e. The van der Waals surface area contributed by atoms with E-state index >= 15 is 0 Å². The molecule has 3 heteroatoms. The predicted molar refractivity (Wildman–Crippen MR) is 85.0 cm³/mol. The molecule has 0 bridgehead atoms. The SMILES string of the molecule is CCC1NC(c2ccc(C(C)C)cc2)N(C2CCC2)C1=O. The zero-order chi connectivity index (χ0) is 15.0. The fourth-order valence-electron chi connectivity index (χ4n) is 3.32. The number of rotatable bonds is 4. The highest BCUT2D eigenvalue weighted by molar-refractivity contribution is 5.85. The number of carbonyl (C=O) groups excluding carboxylic acids is 1. The summed E-state index contributed by atoms with van der Waals surface area (Å²) in [6.07, 6.45) is 4.50. The highest BCUT2D eigenvalue weighted by atomic mass is 16.2. The first-order valence-electron chi connectivity index (χ1n) is 8.30. The monoisotopic (exact) mass is 286 g/mol. The van der Waals surface area contributed by atoms with Crippen LogP contribution in [-0.2, 0) is 4.79 Å². The highest BCUT2D eigenvalue weighted by Gasteiger charge is 2.43. The third-order valence-corrected chi connectivity index (χ3v) is 4.99. The van der Waals surface area contributed by atoms with Gasteiger partial charge in [-0.05, 0) is 42.7 Å². The Kier molecular flexibility index (Phi) is 4.03. The lowest BCUT2D eigenvalue weighted by molar-refractivity contribution is -0.134. The van der Waals surface area contributed by atoms with Crippen molar-refractivity contribution in [1.29, 1.82) is 0 Å². The average Bonchev–Trinajstić information content (AvgIpc) is 2.75. The molecule has 2 unspecified atom stereocenters. The van der Waals surface area contributed by atoms with Gasteiger partial charge in [-0.3, -0.25) is 10.1 Å². The van der Waals surface area contributed by atoms with Crippen molar-refractivity contribution in [3.63, 3.8) is 0 Å². The topological polar surface area (TPSA) is 32.3 Å². The van der Waals surface area contributed by atoms with Crippen molar-refractivity contribution in [2.75, 3.05) is 0 Å². The standard InChI is InChI=1S/C18H26N2O/c1-4-16-18(21)20(15-6-5-7-15)17(19-16)14-10-8-13(9-11-14)12(2)3/h8-12,15-17,19H,4-7H2,1-3H3. The lowest BCUT2D eigenvalue weighted by atomic mass is 9.90. The summed E-state index contributed by atoms with van der Waals surface area (Å²) in [5, 5.41) is 3.53. The molecule has 0 radical (unpaired) electrons. The molecule has 1 amide bonds. The van der Waals surface area contributed by atoms with E-state index in [1.165, 1.54) is 17.5 Å². The summed E-state index contributed by atoms with van der Waals surface area (Å²) >= 11 is 0. The maximum atomic E-state index is 12.6. The van der Waals surface area contributed by atoms with Crippen molar-refractivity contribution >= 4 is 5.91 Å². The molecule has 1 N–H and O–H groups in total.